The normalized spacial score (nSPS) is 11.6. The Hall–Kier alpha value is -1.13. The maximum atomic E-state index is 13.8. The van der Waals surface area contributed by atoms with Crippen LogP contribution in [0, 0.1) is 11.6 Å². The van der Waals surface area contributed by atoms with Crippen molar-refractivity contribution in [2.45, 2.75) is 19.4 Å². The predicted octanol–water partition coefficient (Wildman–Crippen LogP) is 3.36. The molecule has 0 saturated carbocycles. The molecule has 0 aliphatic carbocycles. The van der Waals surface area contributed by atoms with Gasteiger partial charge in [-0.05, 0) is 25.5 Å². The Balaban J connectivity index is 0.00000256. The van der Waals surface area contributed by atoms with Gasteiger partial charge >= 0.3 is 0 Å². The number of hydrogen-bond donors (Lipinski definition) is 1. The second-order valence-electron chi connectivity index (χ2n) is 3.75. The molecule has 5 heteroatoms. The molecule has 17 heavy (non-hydrogen) atoms. The fraction of sp³-hybridized carbons (Fsp3) is 0.333. The van der Waals surface area contributed by atoms with Crippen LogP contribution in [0.5, 0.6) is 5.75 Å². The highest BCUT2D eigenvalue weighted by molar-refractivity contribution is 5.85. The first-order chi connectivity index (χ1) is 7.47. The highest BCUT2D eigenvalue weighted by Crippen LogP contribution is 2.29. The Bertz CT molecular complexity index is 410. The average Bonchev–Trinajstić information content (AvgIpc) is 2.16. The summed E-state index contributed by atoms with van der Waals surface area (Å²) in [5.74, 6) is -1.41. The van der Waals surface area contributed by atoms with Gasteiger partial charge in [0.1, 0.15) is 5.82 Å². The van der Waals surface area contributed by atoms with E-state index in [-0.39, 0.29) is 23.7 Å². The van der Waals surface area contributed by atoms with E-state index in [0.717, 1.165) is 11.6 Å². The summed E-state index contributed by atoms with van der Waals surface area (Å²) in [6, 6.07) is 1.64. The third kappa shape index (κ3) is 3.68. The first-order valence-electron chi connectivity index (χ1n) is 4.89. The summed E-state index contributed by atoms with van der Waals surface area (Å²) in [6.07, 6.45) is 0.334. The lowest BCUT2D eigenvalue weighted by atomic mass is 10.00. The highest BCUT2D eigenvalue weighted by atomic mass is 35.5. The molecule has 0 fully saturated rings. The fourth-order valence-electron chi connectivity index (χ4n) is 1.52. The zero-order chi connectivity index (χ0) is 12.3. The molecule has 0 unspecified atom stereocenters. The minimum atomic E-state index is -0.743. The molecule has 1 atom stereocenters. The fourth-order valence-corrected chi connectivity index (χ4v) is 1.52. The molecule has 2 N–H and O–H groups in total. The molecule has 0 radical (unpaired) electrons. The molecule has 96 valence electrons. The lowest BCUT2D eigenvalue weighted by Crippen LogP contribution is -2.15. The van der Waals surface area contributed by atoms with Crippen molar-refractivity contribution in [3.05, 3.63) is 41.5 Å². The quantitative estimate of drug-likeness (QED) is 0.846. The molecule has 1 aromatic rings. The molecular weight excluding hydrogens is 248 g/mol. The van der Waals surface area contributed by atoms with Crippen LogP contribution in [0.15, 0.2) is 24.3 Å². The second kappa shape index (κ2) is 6.57. The van der Waals surface area contributed by atoms with Crippen molar-refractivity contribution < 1.29 is 13.5 Å². The van der Waals surface area contributed by atoms with Crippen molar-refractivity contribution in [2.75, 3.05) is 7.11 Å². The summed E-state index contributed by atoms with van der Waals surface area (Å²) >= 11 is 0. The van der Waals surface area contributed by atoms with E-state index in [1.54, 1.807) is 6.92 Å². The molecule has 0 saturated heterocycles. The second-order valence-corrected chi connectivity index (χ2v) is 3.75. The first kappa shape index (κ1) is 15.9. The number of benzene rings is 1. The third-order valence-electron chi connectivity index (χ3n) is 2.25. The zero-order valence-electron chi connectivity index (χ0n) is 9.80. The standard InChI is InChI=1S/C12H15F2NO.ClH/c1-7(2)6-9(15)11-8(13)4-5-10(16-3)12(11)14;/h4-5,9H,1,6,15H2,2-3H3;1H/t9-;/m1./s1. The summed E-state index contributed by atoms with van der Waals surface area (Å²) in [5.41, 5.74) is 6.35. The van der Waals surface area contributed by atoms with Gasteiger partial charge in [0.15, 0.2) is 11.6 Å². The van der Waals surface area contributed by atoms with E-state index in [0.29, 0.717) is 6.42 Å². The number of ether oxygens (including phenoxy) is 1. The Morgan fingerprint density at radius 2 is 2.06 bits per heavy atom. The van der Waals surface area contributed by atoms with Crippen LogP contribution in [0.25, 0.3) is 0 Å². The van der Waals surface area contributed by atoms with Gasteiger partial charge in [0, 0.05) is 11.6 Å². The molecule has 0 aliphatic rings. The summed E-state index contributed by atoms with van der Waals surface area (Å²) in [7, 11) is 1.32. The van der Waals surface area contributed by atoms with Crippen LogP contribution in [0.1, 0.15) is 24.9 Å². The van der Waals surface area contributed by atoms with Gasteiger partial charge < -0.3 is 10.5 Å². The number of methoxy groups -OCH3 is 1. The third-order valence-corrected chi connectivity index (χ3v) is 2.25. The summed E-state index contributed by atoms with van der Waals surface area (Å²) < 4.78 is 32.0. The molecule has 0 amide bonds. The van der Waals surface area contributed by atoms with E-state index < -0.39 is 17.7 Å². The average molecular weight is 264 g/mol. The topological polar surface area (TPSA) is 35.2 Å². The van der Waals surface area contributed by atoms with Crippen molar-refractivity contribution in [3.8, 4) is 5.75 Å². The maximum absolute atomic E-state index is 13.8. The lowest BCUT2D eigenvalue weighted by molar-refractivity contribution is 0.377. The molecule has 0 spiro atoms. The lowest BCUT2D eigenvalue weighted by Gasteiger charge is -2.15. The summed E-state index contributed by atoms with van der Waals surface area (Å²) in [4.78, 5) is 0. The maximum Gasteiger partial charge on any atom is 0.172 e. The minimum absolute atomic E-state index is 0. The smallest absolute Gasteiger partial charge is 0.172 e. The van der Waals surface area contributed by atoms with E-state index in [9.17, 15) is 8.78 Å². The Morgan fingerprint density at radius 3 is 2.53 bits per heavy atom. The van der Waals surface area contributed by atoms with Gasteiger partial charge in [-0.3, -0.25) is 0 Å². The Morgan fingerprint density at radius 1 is 1.47 bits per heavy atom. The zero-order valence-corrected chi connectivity index (χ0v) is 10.6. The van der Waals surface area contributed by atoms with Crippen molar-refractivity contribution in [3.63, 3.8) is 0 Å². The van der Waals surface area contributed by atoms with Gasteiger partial charge in [-0.15, -0.1) is 19.0 Å². The van der Waals surface area contributed by atoms with Crippen LogP contribution in [-0.4, -0.2) is 7.11 Å². The van der Waals surface area contributed by atoms with Gasteiger partial charge in [-0.2, -0.15) is 0 Å². The van der Waals surface area contributed by atoms with Gasteiger partial charge in [0.05, 0.1) is 7.11 Å². The molecule has 0 aromatic heterocycles. The monoisotopic (exact) mass is 263 g/mol. The van der Waals surface area contributed by atoms with Crippen LogP contribution in [0.2, 0.25) is 0 Å². The minimum Gasteiger partial charge on any atom is -0.494 e. The van der Waals surface area contributed by atoms with E-state index in [2.05, 4.69) is 6.58 Å². The molecule has 1 rings (SSSR count). The molecule has 1 aromatic carbocycles. The van der Waals surface area contributed by atoms with Crippen LogP contribution >= 0.6 is 12.4 Å². The van der Waals surface area contributed by atoms with Crippen LogP contribution in [0.4, 0.5) is 8.78 Å². The van der Waals surface area contributed by atoms with Crippen LogP contribution in [0.3, 0.4) is 0 Å². The number of nitrogens with two attached hydrogens (primary N) is 1. The number of halogens is 3. The van der Waals surface area contributed by atoms with Gasteiger partial charge in [0.2, 0.25) is 0 Å². The SMILES string of the molecule is C=C(C)C[C@@H](N)c1c(F)ccc(OC)c1F.Cl. The molecule has 0 heterocycles. The van der Waals surface area contributed by atoms with Gasteiger partial charge in [-0.25, -0.2) is 8.78 Å². The molecular formula is C12H16ClF2NO. The van der Waals surface area contributed by atoms with Gasteiger partial charge in [-0.1, -0.05) is 5.57 Å². The Kier molecular flexibility index (Phi) is 6.13. The van der Waals surface area contributed by atoms with Crippen LogP contribution < -0.4 is 10.5 Å². The summed E-state index contributed by atoms with van der Waals surface area (Å²) in [5, 5.41) is 0. The van der Waals surface area contributed by atoms with Crippen molar-refractivity contribution in [1.29, 1.82) is 0 Å². The number of hydrogen-bond acceptors (Lipinski definition) is 2. The van der Waals surface area contributed by atoms with Crippen molar-refractivity contribution in [2.24, 2.45) is 5.73 Å². The van der Waals surface area contributed by atoms with E-state index >= 15 is 0 Å². The largest absolute Gasteiger partial charge is 0.494 e. The van der Waals surface area contributed by atoms with Crippen LogP contribution in [-0.2, 0) is 0 Å². The first-order valence-corrected chi connectivity index (χ1v) is 4.89. The summed E-state index contributed by atoms with van der Waals surface area (Å²) in [6.45, 7) is 5.43. The van der Waals surface area contributed by atoms with Crippen molar-refractivity contribution >= 4 is 12.4 Å². The van der Waals surface area contributed by atoms with E-state index in [1.165, 1.54) is 13.2 Å². The van der Waals surface area contributed by atoms with E-state index in [4.69, 9.17) is 10.5 Å². The highest BCUT2D eigenvalue weighted by Gasteiger charge is 2.20. The van der Waals surface area contributed by atoms with Crippen molar-refractivity contribution in [1.82, 2.24) is 0 Å². The molecule has 2 nitrogen and oxygen atoms in total. The Labute approximate surface area is 106 Å². The van der Waals surface area contributed by atoms with Gasteiger partial charge in [0.25, 0.3) is 0 Å². The van der Waals surface area contributed by atoms with E-state index in [1.807, 2.05) is 0 Å². The number of rotatable bonds is 4. The molecule has 0 aliphatic heterocycles. The molecule has 0 bridgehead atoms. The predicted molar refractivity (Wildman–Crippen MR) is 66.5 cm³/mol.